The van der Waals surface area contributed by atoms with Crippen molar-refractivity contribution in [3.63, 3.8) is 0 Å². The van der Waals surface area contributed by atoms with Gasteiger partial charge in [0.05, 0.1) is 11.8 Å². The van der Waals surface area contributed by atoms with Gasteiger partial charge in [0.15, 0.2) is 5.75 Å². The van der Waals surface area contributed by atoms with Crippen LogP contribution in [0.25, 0.3) is 0 Å². The van der Waals surface area contributed by atoms with Crippen LogP contribution in [0, 0.1) is 6.92 Å². The molecule has 0 spiro atoms. The standard InChI is InChI=1S/C14H22N2O3/c1-10-7-13(17)14(18)12(9-15(2)3)16(10)8-11-5-4-6-19-11/h7,11,18H,4-6,8-9H2,1-3H3. The van der Waals surface area contributed by atoms with Crippen LogP contribution in [-0.2, 0) is 17.8 Å². The summed E-state index contributed by atoms with van der Waals surface area (Å²) < 4.78 is 7.65. The third kappa shape index (κ3) is 3.16. The number of aromatic nitrogens is 1. The van der Waals surface area contributed by atoms with Crippen molar-refractivity contribution in [2.45, 2.75) is 39.0 Å². The van der Waals surface area contributed by atoms with Crippen molar-refractivity contribution >= 4 is 0 Å². The molecule has 1 atom stereocenters. The Hall–Kier alpha value is -1.33. The number of hydrogen-bond donors (Lipinski definition) is 1. The summed E-state index contributed by atoms with van der Waals surface area (Å²) in [5.74, 6) is -0.141. The molecule has 0 amide bonds. The molecule has 5 heteroatoms. The summed E-state index contributed by atoms with van der Waals surface area (Å²) in [5, 5.41) is 10.0. The number of aryl methyl sites for hydroxylation is 1. The molecule has 19 heavy (non-hydrogen) atoms. The van der Waals surface area contributed by atoms with Gasteiger partial charge in [-0.15, -0.1) is 0 Å². The van der Waals surface area contributed by atoms with Gasteiger partial charge in [0.2, 0.25) is 5.43 Å². The number of aromatic hydroxyl groups is 1. The predicted molar refractivity (Wildman–Crippen MR) is 73.5 cm³/mol. The maximum absolute atomic E-state index is 11.7. The normalized spacial score (nSPS) is 19.3. The van der Waals surface area contributed by atoms with Crippen LogP contribution in [0.4, 0.5) is 0 Å². The van der Waals surface area contributed by atoms with Gasteiger partial charge < -0.3 is 19.3 Å². The van der Waals surface area contributed by atoms with Gasteiger partial charge in [-0.05, 0) is 33.9 Å². The first-order valence-corrected chi connectivity index (χ1v) is 6.67. The van der Waals surface area contributed by atoms with Crippen LogP contribution in [0.3, 0.4) is 0 Å². The van der Waals surface area contributed by atoms with Crippen LogP contribution < -0.4 is 5.43 Å². The number of hydrogen-bond acceptors (Lipinski definition) is 4. The van der Waals surface area contributed by atoms with Crippen LogP contribution in [0.1, 0.15) is 24.2 Å². The van der Waals surface area contributed by atoms with Crippen molar-refractivity contribution in [3.05, 3.63) is 27.7 Å². The van der Waals surface area contributed by atoms with E-state index in [-0.39, 0.29) is 17.3 Å². The van der Waals surface area contributed by atoms with Crippen LogP contribution >= 0.6 is 0 Å². The van der Waals surface area contributed by atoms with E-state index in [4.69, 9.17) is 4.74 Å². The second kappa shape index (κ2) is 5.75. The zero-order valence-electron chi connectivity index (χ0n) is 11.8. The highest BCUT2D eigenvalue weighted by atomic mass is 16.5. The Morgan fingerprint density at radius 3 is 2.84 bits per heavy atom. The molecule has 1 aromatic rings. The Morgan fingerprint density at radius 2 is 2.26 bits per heavy atom. The second-order valence-electron chi connectivity index (χ2n) is 5.43. The van der Waals surface area contributed by atoms with E-state index in [1.807, 2.05) is 30.5 Å². The summed E-state index contributed by atoms with van der Waals surface area (Å²) >= 11 is 0. The van der Waals surface area contributed by atoms with E-state index in [0.717, 1.165) is 25.1 Å². The second-order valence-corrected chi connectivity index (χ2v) is 5.43. The molecule has 1 fully saturated rings. The van der Waals surface area contributed by atoms with Gasteiger partial charge in [-0.1, -0.05) is 0 Å². The molecule has 1 aromatic heterocycles. The quantitative estimate of drug-likeness (QED) is 0.887. The number of nitrogens with zero attached hydrogens (tertiary/aromatic N) is 2. The molecular formula is C14H22N2O3. The van der Waals surface area contributed by atoms with Gasteiger partial charge in [-0.2, -0.15) is 0 Å². The highest BCUT2D eigenvalue weighted by Gasteiger charge is 2.20. The minimum Gasteiger partial charge on any atom is -0.503 e. The average molecular weight is 266 g/mol. The SMILES string of the molecule is Cc1cc(=O)c(O)c(CN(C)C)n1CC1CCCO1. The highest BCUT2D eigenvalue weighted by Crippen LogP contribution is 2.20. The van der Waals surface area contributed by atoms with Crippen molar-refractivity contribution in [2.75, 3.05) is 20.7 Å². The van der Waals surface area contributed by atoms with Gasteiger partial charge in [-0.25, -0.2) is 0 Å². The number of ether oxygens (including phenoxy) is 1. The van der Waals surface area contributed by atoms with E-state index in [0.29, 0.717) is 18.8 Å². The van der Waals surface area contributed by atoms with Crippen LogP contribution in [-0.4, -0.2) is 41.4 Å². The van der Waals surface area contributed by atoms with E-state index in [1.165, 1.54) is 6.07 Å². The van der Waals surface area contributed by atoms with Crippen LogP contribution in [0.5, 0.6) is 5.75 Å². The third-order valence-corrected chi connectivity index (χ3v) is 3.47. The zero-order valence-corrected chi connectivity index (χ0v) is 11.8. The molecule has 1 aliphatic rings. The maximum Gasteiger partial charge on any atom is 0.223 e. The number of pyridine rings is 1. The summed E-state index contributed by atoms with van der Waals surface area (Å²) in [6.07, 6.45) is 2.30. The molecule has 2 heterocycles. The van der Waals surface area contributed by atoms with Gasteiger partial charge in [0.25, 0.3) is 0 Å². The minimum atomic E-state index is -0.307. The van der Waals surface area contributed by atoms with Gasteiger partial charge in [0, 0.05) is 31.5 Å². The first-order valence-electron chi connectivity index (χ1n) is 6.67. The lowest BCUT2D eigenvalue weighted by atomic mass is 10.2. The predicted octanol–water partition coefficient (Wildman–Crippen LogP) is 1.10. The van der Waals surface area contributed by atoms with Crippen molar-refractivity contribution in [2.24, 2.45) is 0 Å². The first kappa shape index (κ1) is 14.1. The molecule has 0 aliphatic carbocycles. The smallest absolute Gasteiger partial charge is 0.223 e. The lowest BCUT2D eigenvalue weighted by molar-refractivity contribution is 0.0949. The molecule has 0 saturated carbocycles. The molecule has 1 N–H and O–H groups in total. The number of rotatable bonds is 4. The fraction of sp³-hybridized carbons (Fsp3) is 0.643. The highest BCUT2D eigenvalue weighted by molar-refractivity contribution is 5.29. The van der Waals surface area contributed by atoms with Crippen molar-refractivity contribution in [1.82, 2.24) is 9.47 Å². The third-order valence-electron chi connectivity index (χ3n) is 3.47. The average Bonchev–Trinajstić information content (AvgIpc) is 2.83. The van der Waals surface area contributed by atoms with Crippen molar-refractivity contribution in [3.8, 4) is 5.75 Å². The first-order chi connectivity index (χ1) is 8.99. The molecule has 1 saturated heterocycles. The summed E-state index contributed by atoms with van der Waals surface area (Å²) in [6.45, 7) is 3.94. The van der Waals surface area contributed by atoms with E-state index in [2.05, 4.69) is 0 Å². The Balaban J connectivity index is 2.38. The topological polar surface area (TPSA) is 54.7 Å². The Labute approximate surface area is 113 Å². The molecular weight excluding hydrogens is 244 g/mol. The fourth-order valence-electron chi connectivity index (χ4n) is 2.52. The van der Waals surface area contributed by atoms with Gasteiger partial charge in [-0.3, -0.25) is 4.79 Å². The van der Waals surface area contributed by atoms with Crippen molar-refractivity contribution in [1.29, 1.82) is 0 Å². The lowest BCUT2D eigenvalue weighted by Gasteiger charge is -2.22. The van der Waals surface area contributed by atoms with Gasteiger partial charge >= 0.3 is 0 Å². The van der Waals surface area contributed by atoms with E-state index in [9.17, 15) is 9.90 Å². The summed E-state index contributed by atoms with van der Waals surface area (Å²) in [5.41, 5.74) is 1.23. The monoisotopic (exact) mass is 266 g/mol. The fourth-order valence-corrected chi connectivity index (χ4v) is 2.52. The molecule has 106 valence electrons. The van der Waals surface area contributed by atoms with E-state index < -0.39 is 0 Å². The van der Waals surface area contributed by atoms with Gasteiger partial charge in [0.1, 0.15) is 0 Å². The molecule has 0 radical (unpaired) electrons. The summed E-state index contributed by atoms with van der Waals surface area (Å²) in [6, 6.07) is 1.49. The zero-order chi connectivity index (χ0) is 14.0. The van der Waals surface area contributed by atoms with Crippen molar-refractivity contribution < 1.29 is 9.84 Å². The molecule has 0 bridgehead atoms. The molecule has 0 aromatic carbocycles. The lowest BCUT2D eigenvalue weighted by Crippen LogP contribution is -2.25. The van der Waals surface area contributed by atoms with E-state index in [1.54, 1.807) is 0 Å². The summed E-state index contributed by atoms with van der Waals surface area (Å²) in [7, 11) is 3.84. The molecule has 1 unspecified atom stereocenters. The summed E-state index contributed by atoms with van der Waals surface area (Å²) in [4.78, 5) is 13.7. The van der Waals surface area contributed by atoms with Crippen LogP contribution in [0.15, 0.2) is 10.9 Å². The molecule has 1 aliphatic heterocycles. The molecule has 5 nitrogen and oxygen atoms in total. The van der Waals surface area contributed by atoms with E-state index >= 15 is 0 Å². The minimum absolute atomic E-state index is 0.141. The largest absolute Gasteiger partial charge is 0.503 e. The Kier molecular flexibility index (Phi) is 4.27. The molecule has 2 rings (SSSR count). The Morgan fingerprint density at radius 1 is 1.53 bits per heavy atom. The Bertz CT molecular complexity index is 502. The maximum atomic E-state index is 11.7. The van der Waals surface area contributed by atoms with Crippen LogP contribution in [0.2, 0.25) is 0 Å².